The molecule has 0 bridgehead atoms. The number of aromatic nitrogens is 2. The Balaban J connectivity index is 2.26. The summed E-state index contributed by atoms with van der Waals surface area (Å²) in [5.41, 5.74) is 0.691. The van der Waals surface area contributed by atoms with E-state index >= 15 is 0 Å². The minimum absolute atomic E-state index is 0.444. The zero-order valence-electron chi connectivity index (χ0n) is 10.0. The molecule has 1 aromatic carbocycles. The Labute approximate surface area is 129 Å². The van der Waals surface area contributed by atoms with Crippen LogP contribution in [0.15, 0.2) is 29.0 Å². The first-order chi connectivity index (χ1) is 9.11. The molecule has 100 valence electrons. The van der Waals surface area contributed by atoms with Crippen LogP contribution in [0, 0.1) is 0 Å². The summed E-state index contributed by atoms with van der Waals surface area (Å²) in [7, 11) is 0. The predicted octanol–water partition coefficient (Wildman–Crippen LogP) is 4.72. The summed E-state index contributed by atoms with van der Waals surface area (Å²) in [5.74, 6) is 1.39. The minimum atomic E-state index is 0.444. The van der Waals surface area contributed by atoms with Gasteiger partial charge in [0.2, 0.25) is 0 Å². The van der Waals surface area contributed by atoms with Gasteiger partial charge in [0.25, 0.3) is 0 Å². The molecule has 0 saturated carbocycles. The topological polar surface area (TPSA) is 49.8 Å². The minimum Gasteiger partial charge on any atom is -0.370 e. The number of hydrogen-bond acceptors (Lipinski definition) is 4. The van der Waals surface area contributed by atoms with Crippen molar-refractivity contribution >= 4 is 56.5 Å². The number of anilines is 3. The molecule has 0 unspecified atom stereocenters. The quantitative estimate of drug-likeness (QED) is 0.773. The van der Waals surface area contributed by atoms with Crippen LogP contribution in [0.25, 0.3) is 0 Å². The lowest BCUT2D eigenvalue weighted by atomic mass is 10.3. The van der Waals surface area contributed by atoms with Gasteiger partial charge in [0.15, 0.2) is 0 Å². The molecule has 0 saturated heterocycles. The van der Waals surface area contributed by atoms with E-state index in [2.05, 4.69) is 36.5 Å². The second-order valence-electron chi connectivity index (χ2n) is 3.67. The Morgan fingerprint density at radius 2 is 1.89 bits per heavy atom. The van der Waals surface area contributed by atoms with Gasteiger partial charge >= 0.3 is 0 Å². The molecule has 0 atom stereocenters. The molecule has 2 rings (SSSR count). The zero-order valence-corrected chi connectivity index (χ0v) is 13.1. The van der Waals surface area contributed by atoms with Crippen molar-refractivity contribution in [1.82, 2.24) is 9.97 Å². The molecular formula is C12H11BrCl2N4. The second-order valence-corrected chi connectivity index (χ2v) is 5.28. The number of nitrogens with one attached hydrogen (secondary N) is 2. The van der Waals surface area contributed by atoms with Gasteiger partial charge in [0, 0.05) is 17.1 Å². The lowest BCUT2D eigenvalue weighted by Gasteiger charge is -2.10. The Morgan fingerprint density at radius 1 is 1.16 bits per heavy atom. The molecule has 0 fully saturated rings. The number of rotatable bonds is 4. The van der Waals surface area contributed by atoms with Gasteiger partial charge in [-0.25, -0.2) is 9.97 Å². The van der Waals surface area contributed by atoms with Gasteiger partial charge in [0.1, 0.15) is 18.0 Å². The fraction of sp³-hybridized carbons (Fsp3) is 0.167. The maximum absolute atomic E-state index is 6.17. The molecular weight excluding hydrogens is 351 g/mol. The smallest absolute Gasteiger partial charge is 0.135 e. The van der Waals surface area contributed by atoms with Crippen LogP contribution in [-0.2, 0) is 0 Å². The van der Waals surface area contributed by atoms with Crippen LogP contribution in [0.2, 0.25) is 10.0 Å². The molecule has 0 radical (unpaired) electrons. The van der Waals surface area contributed by atoms with Crippen molar-refractivity contribution in [2.75, 3.05) is 17.2 Å². The third kappa shape index (κ3) is 3.49. The van der Waals surface area contributed by atoms with Crippen molar-refractivity contribution in [3.8, 4) is 0 Å². The summed E-state index contributed by atoms with van der Waals surface area (Å²) < 4.78 is 0.751. The van der Waals surface area contributed by atoms with E-state index in [1.807, 2.05) is 19.1 Å². The van der Waals surface area contributed by atoms with Crippen molar-refractivity contribution in [3.05, 3.63) is 39.0 Å². The largest absolute Gasteiger partial charge is 0.370 e. The third-order valence-corrected chi connectivity index (χ3v) is 4.09. The average molecular weight is 362 g/mol. The van der Waals surface area contributed by atoms with Crippen LogP contribution in [0.4, 0.5) is 17.3 Å². The van der Waals surface area contributed by atoms with E-state index in [-0.39, 0.29) is 0 Å². The molecule has 7 heteroatoms. The first kappa shape index (κ1) is 14.4. The molecule has 0 amide bonds. The van der Waals surface area contributed by atoms with Gasteiger partial charge in [-0.1, -0.05) is 23.2 Å². The second kappa shape index (κ2) is 6.41. The average Bonchev–Trinajstić information content (AvgIpc) is 2.40. The molecule has 19 heavy (non-hydrogen) atoms. The fourth-order valence-corrected chi connectivity index (χ4v) is 2.29. The van der Waals surface area contributed by atoms with Gasteiger partial charge in [0.05, 0.1) is 15.7 Å². The Morgan fingerprint density at radius 3 is 2.63 bits per heavy atom. The number of hydrogen-bond donors (Lipinski definition) is 2. The molecule has 0 spiro atoms. The number of nitrogens with zero attached hydrogens (tertiary/aromatic N) is 2. The van der Waals surface area contributed by atoms with Crippen LogP contribution >= 0.6 is 39.1 Å². The summed E-state index contributed by atoms with van der Waals surface area (Å²) in [4.78, 5) is 8.23. The van der Waals surface area contributed by atoms with E-state index in [9.17, 15) is 0 Å². The van der Waals surface area contributed by atoms with Gasteiger partial charge in [-0.3, -0.25) is 0 Å². The van der Waals surface area contributed by atoms with Crippen molar-refractivity contribution < 1.29 is 0 Å². The van der Waals surface area contributed by atoms with E-state index in [4.69, 9.17) is 23.2 Å². The van der Waals surface area contributed by atoms with Gasteiger partial charge in [-0.2, -0.15) is 0 Å². The molecule has 2 aromatic rings. The van der Waals surface area contributed by atoms with E-state index in [1.54, 1.807) is 6.07 Å². The SMILES string of the molecule is CCNc1cc(Nc2ccc(Br)c(Cl)c2Cl)ncn1. The molecule has 2 N–H and O–H groups in total. The van der Waals surface area contributed by atoms with Gasteiger partial charge in [-0.15, -0.1) is 0 Å². The van der Waals surface area contributed by atoms with Crippen LogP contribution in [0.5, 0.6) is 0 Å². The highest BCUT2D eigenvalue weighted by Crippen LogP contribution is 2.36. The standard InChI is InChI=1S/C12H11BrCl2N4/c1-2-16-9-5-10(18-6-17-9)19-8-4-3-7(13)11(14)12(8)15/h3-6H,2H2,1H3,(H2,16,17,18,19). The normalized spacial score (nSPS) is 10.3. The summed E-state index contributed by atoms with van der Waals surface area (Å²) >= 11 is 15.5. The Kier molecular flexibility index (Phi) is 4.85. The number of halogens is 3. The van der Waals surface area contributed by atoms with Crippen LogP contribution in [-0.4, -0.2) is 16.5 Å². The van der Waals surface area contributed by atoms with Crippen LogP contribution < -0.4 is 10.6 Å². The third-order valence-electron chi connectivity index (χ3n) is 2.32. The summed E-state index contributed by atoms with van der Waals surface area (Å²) in [6.45, 7) is 2.79. The molecule has 0 aliphatic carbocycles. The first-order valence-electron chi connectivity index (χ1n) is 5.58. The van der Waals surface area contributed by atoms with E-state index in [1.165, 1.54) is 6.33 Å². The maximum Gasteiger partial charge on any atom is 0.135 e. The predicted molar refractivity (Wildman–Crippen MR) is 83.6 cm³/mol. The monoisotopic (exact) mass is 360 g/mol. The highest BCUT2D eigenvalue weighted by atomic mass is 79.9. The van der Waals surface area contributed by atoms with Crippen LogP contribution in [0.1, 0.15) is 6.92 Å². The van der Waals surface area contributed by atoms with Gasteiger partial charge in [-0.05, 0) is 35.0 Å². The maximum atomic E-state index is 6.17. The Bertz CT molecular complexity index is 592. The molecule has 0 aliphatic heterocycles. The van der Waals surface area contributed by atoms with Crippen molar-refractivity contribution in [2.24, 2.45) is 0 Å². The lowest BCUT2D eigenvalue weighted by molar-refractivity contribution is 1.11. The highest BCUT2D eigenvalue weighted by Gasteiger charge is 2.09. The summed E-state index contributed by atoms with van der Waals surface area (Å²) in [5, 5.41) is 7.13. The number of benzene rings is 1. The van der Waals surface area contributed by atoms with Crippen molar-refractivity contribution in [2.45, 2.75) is 6.92 Å². The van der Waals surface area contributed by atoms with Crippen LogP contribution in [0.3, 0.4) is 0 Å². The van der Waals surface area contributed by atoms with Crippen molar-refractivity contribution in [3.63, 3.8) is 0 Å². The van der Waals surface area contributed by atoms with Gasteiger partial charge < -0.3 is 10.6 Å². The van der Waals surface area contributed by atoms with E-state index < -0.39 is 0 Å². The summed E-state index contributed by atoms with van der Waals surface area (Å²) in [6.07, 6.45) is 1.48. The first-order valence-corrected chi connectivity index (χ1v) is 7.13. The lowest BCUT2D eigenvalue weighted by Crippen LogP contribution is -2.01. The molecule has 4 nitrogen and oxygen atoms in total. The van der Waals surface area contributed by atoms with E-state index in [0.717, 1.165) is 16.8 Å². The van der Waals surface area contributed by atoms with E-state index in [0.29, 0.717) is 21.6 Å². The Hall–Kier alpha value is -1.04. The molecule has 0 aliphatic rings. The van der Waals surface area contributed by atoms with Crippen molar-refractivity contribution in [1.29, 1.82) is 0 Å². The molecule has 1 heterocycles. The highest BCUT2D eigenvalue weighted by molar-refractivity contribution is 9.10. The summed E-state index contributed by atoms with van der Waals surface area (Å²) in [6, 6.07) is 5.45. The fourth-order valence-electron chi connectivity index (χ4n) is 1.46. The zero-order chi connectivity index (χ0) is 13.8. The molecule has 1 aromatic heterocycles.